The summed E-state index contributed by atoms with van der Waals surface area (Å²) in [5.41, 5.74) is 9.64. The van der Waals surface area contributed by atoms with Crippen LogP contribution in [0.3, 0.4) is 0 Å². The zero-order valence-electron chi connectivity index (χ0n) is 23.7. The Hall–Kier alpha value is -3.82. The van der Waals surface area contributed by atoms with Crippen molar-refractivity contribution in [2.45, 2.75) is 76.0 Å². The number of hydrogen-bond donors (Lipinski definition) is 4. The van der Waals surface area contributed by atoms with Gasteiger partial charge in [-0.25, -0.2) is 4.79 Å². The van der Waals surface area contributed by atoms with E-state index in [0.717, 1.165) is 47.9 Å². The molecular formula is C32H39N5O4. The average Bonchev–Trinajstić information content (AvgIpc) is 2.93. The second-order valence-electron chi connectivity index (χ2n) is 11.9. The minimum absolute atomic E-state index is 0.0247. The molecule has 0 saturated heterocycles. The zero-order chi connectivity index (χ0) is 29.2. The van der Waals surface area contributed by atoms with Crippen LogP contribution >= 0.6 is 0 Å². The van der Waals surface area contributed by atoms with E-state index in [1.54, 1.807) is 6.92 Å². The molecule has 41 heavy (non-hydrogen) atoms. The minimum Gasteiger partial charge on any atom is -0.465 e. The van der Waals surface area contributed by atoms with Gasteiger partial charge in [-0.3, -0.25) is 4.79 Å². The molecule has 1 heterocycles. The molecule has 2 aliphatic rings. The van der Waals surface area contributed by atoms with Crippen LogP contribution in [0.1, 0.15) is 64.4 Å². The van der Waals surface area contributed by atoms with Crippen LogP contribution in [0.25, 0.3) is 22.4 Å². The van der Waals surface area contributed by atoms with Crippen LogP contribution in [0.5, 0.6) is 0 Å². The van der Waals surface area contributed by atoms with Crippen molar-refractivity contribution in [3.05, 3.63) is 66.2 Å². The average molecular weight is 558 g/mol. The van der Waals surface area contributed by atoms with Crippen LogP contribution in [0.15, 0.2) is 60.7 Å². The third kappa shape index (κ3) is 6.41. The summed E-state index contributed by atoms with van der Waals surface area (Å²) in [4.78, 5) is 25.9. The van der Waals surface area contributed by atoms with Gasteiger partial charge in [-0.15, -0.1) is 10.2 Å². The van der Waals surface area contributed by atoms with Crippen LogP contribution < -0.4 is 11.1 Å². The van der Waals surface area contributed by atoms with Crippen molar-refractivity contribution in [2.75, 3.05) is 11.9 Å². The molecule has 3 aromatic rings. The molecule has 2 fully saturated rings. The Morgan fingerprint density at radius 1 is 1.00 bits per heavy atom. The molecule has 0 bridgehead atoms. The van der Waals surface area contributed by atoms with Crippen molar-refractivity contribution < 1.29 is 19.8 Å². The highest BCUT2D eigenvalue weighted by atomic mass is 16.4. The van der Waals surface area contributed by atoms with Crippen LogP contribution in [0, 0.1) is 5.92 Å². The molecule has 0 unspecified atom stereocenters. The molecule has 9 nitrogen and oxygen atoms in total. The lowest BCUT2D eigenvalue weighted by molar-refractivity contribution is -0.117. The van der Waals surface area contributed by atoms with Gasteiger partial charge in [0.2, 0.25) is 5.91 Å². The fourth-order valence-electron chi connectivity index (χ4n) is 6.64. The molecule has 5 rings (SSSR count). The Bertz CT molecular complexity index is 1380. The van der Waals surface area contributed by atoms with Crippen molar-refractivity contribution in [3.8, 4) is 22.4 Å². The predicted molar refractivity (Wildman–Crippen MR) is 158 cm³/mol. The Kier molecular flexibility index (Phi) is 8.11. The molecule has 0 spiro atoms. The van der Waals surface area contributed by atoms with E-state index in [-0.39, 0.29) is 17.9 Å². The molecule has 5 N–H and O–H groups in total. The molecule has 0 atom stereocenters. The monoisotopic (exact) mass is 557 g/mol. The van der Waals surface area contributed by atoms with Crippen LogP contribution in [0.4, 0.5) is 10.6 Å². The van der Waals surface area contributed by atoms with Gasteiger partial charge in [-0.1, -0.05) is 54.6 Å². The number of nitrogens with two attached hydrogens (primary N) is 1. The van der Waals surface area contributed by atoms with Crippen molar-refractivity contribution in [1.29, 1.82) is 0 Å². The first kappa shape index (κ1) is 28.7. The van der Waals surface area contributed by atoms with Crippen molar-refractivity contribution in [1.82, 2.24) is 15.1 Å². The van der Waals surface area contributed by atoms with Crippen molar-refractivity contribution >= 4 is 17.8 Å². The second-order valence-corrected chi connectivity index (χ2v) is 11.9. The Balaban J connectivity index is 1.29. The zero-order valence-corrected chi connectivity index (χ0v) is 23.7. The van der Waals surface area contributed by atoms with Crippen LogP contribution in [-0.2, 0) is 10.3 Å². The van der Waals surface area contributed by atoms with Gasteiger partial charge in [0.25, 0.3) is 0 Å². The number of anilines is 1. The predicted octanol–water partition coefficient (Wildman–Crippen LogP) is 5.40. The third-order valence-electron chi connectivity index (χ3n) is 8.59. The fourth-order valence-corrected chi connectivity index (χ4v) is 6.64. The van der Waals surface area contributed by atoms with Gasteiger partial charge < -0.3 is 26.2 Å². The quantitative estimate of drug-likeness (QED) is 0.291. The van der Waals surface area contributed by atoms with E-state index in [0.29, 0.717) is 37.3 Å². The molecule has 0 aliphatic heterocycles. The largest absolute Gasteiger partial charge is 0.465 e. The first-order valence-electron chi connectivity index (χ1n) is 14.4. The number of hydrogen-bond acceptors (Lipinski definition) is 6. The van der Waals surface area contributed by atoms with E-state index in [9.17, 15) is 19.8 Å². The number of nitrogens with one attached hydrogen (secondary N) is 1. The summed E-state index contributed by atoms with van der Waals surface area (Å²) in [5.74, 6) is 0.487. The molecular weight excluding hydrogens is 518 g/mol. The molecule has 2 aromatic carbocycles. The molecule has 216 valence electrons. The molecule has 0 radical (unpaired) electrons. The van der Waals surface area contributed by atoms with Crippen LogP contribution in [-0.4, -0.2) is 55.5 Å². The summed E-state index contributed by atoms with van der Waals surface area (Å²) in [7, 11) is 0. The third-order valence-corrected chi connectivity index (χ3v) is 8.59. The molecule has 2 amide bonds. The number of rotatable bonds is 8. The van der Waals surface area contributed by atoms with E-state index in [2.05, 4.69) is 15.5 Å². The SMILES string of the molecule is CCN(C(=O)O)[C@H]1CC[C@H](CC(=O)Nc2cc(-c3ccccc3)c(-c3ccc([C@]4(N)C[C@](C)(O)C4)cc3)nn2)CC1. The van der Waals surface area contributed by atoms with Gasteiger partial charge in [0.1, 0.15) is 5.69 Å². The highest BCUT2D eigenvalue weighted by Crippen LogP contribution is 2.46. The number of carbonyl (C=O) groups is 2. The topological polar surface area (TPSA) is 142 Å². The molecule has 2 aliphatic carbocycles. The first-order chi connectivity index (χ1) is 19.6. The van der Waals surface area contributed by atoms with Gasteiger partial charge in [0.05, 0.1) is 5.60 Å². The summed E-state index contributed by atoms with van der Waals surface area (Å²) in [6.45, 7) is 4.14. The maximum atomic E-state index is 13.0. The van der Waals surface area contributed by atoms with Gasteiger partial charge in [0, 0.05) is 35.7 Å². The minimum atomic E-state index is -0.878. The number of carboxylic acid groups (broad SMARTS) is 1. The van der Waals surface area contributed by atoms with Gasteiger partial charge in [0.15, 0.2) is 5.82 Å². The smallest absolute Gasteiger partial charge is 0.407 e. The maximum Gasteiger partial charge on any atom is 0.407 e. The van der Waals surface area contributed by atoms with Crippen LogP contribution in [0.2, 0.25) is 0 Å². The Morgan fingerprint density at radius 2 is 1.66 bits per heavy atom. The number of aliphatic hydroxyl groups is 1. The fraction of sp³-hybridized carbons (Fsp3) is 0.438. The number of amides is 2. The lowest BCUT2D eigenvalue weighted by Gasteiger charge is -2.49. The number of benzene rings is 2. The lowest BCUT2D eigenvalue weighted by atomic mass is 9.63. The van der Waals surface area contributed by atoms with Gasteiger partial charge in [-0.2, -0.15) is 0 Å². The summed E-state index contributed by atoms with van der Waals surface area (Å²) in [6, 6.07) is 19.7. The summed E-state index contributed by atoms with van der Waals surface area (Å²) in [6.07, 6.45) is 3.71. The lowest BCUT2D eigenvalue weighted by Crippen LogP contribution is -2.58. The van der Waals surface area contributed by atoms with E-state index < -0.39 is 17.2 Å². The van der Waals surface area contributed by atoms with Crippen molar-refractivity contribution in [3.63, 3.8) is 0 Å². The number of nitrogens with zero attached hydrogens (tertiary/aromatic N) is 3. The highest BCUT2D eigenvalue weighted by molar-refractivity contribution is 5.91. The highest BCUT2D eigenvalue weighted by Gasteiger charge is 2.49. The molecule has 9 heteroatoms. The number of aromatic nitrogens is 2. The second kappa shape index (κ2) is 11.6. The van der Waals surface area contributed by atoms with E-state index >= 15 is 0 Å². The van der Waals surface area contributed by atoms with E-state index in [4.69, 9.17) is 5.73 Å². The summed E-state index contributed by atoms with van der Waals surface area (Å²) >= 11 is 0. The first-order valence-corrected chi connectivity index (χ1v) is 14.4. The van der Waals surface area contributed by atoms with E-state index in [1.165, 1.54) is 4.90 Å². The summed E-state index contributed by atoms with van der Waals surface area (Å²) < 4.78 is 0. The number of carbonyl (C=O) groups excluding carboxylic acids is 1. The Labute approximate surface area is 240 Å². The Morgan fingerprint density at radius 3 is 2.24 bits per heavy atom. The normalized spacial score (nSPS) is 25.7. The standard InChI is InChI=1S/C32H39N5O4/c1-3-37(30(39)40)25-15-9-21(10-16-25)17-28(38)34-27-18-26(22-7-5-4-6-8-22)29(36-35-27)23-11-13-24(14-12-23)32(33)19-31(2,41)20-32/h4-8,11-14,18,21,25,41H,3,9-10,15-17,19-20,33H2,1-2H3,(H,39,40)(H,34,35,38)/t21-,25-,31-,32-. The van der Waals surface area contributed by atoms with Gasteiger partial charge in [-0.05, 0) is 75.5 Å². The molecule has 1 aromatic heterocycles. The molecule has 2 saturated carbocycles. The summed E-state index contributed by atoms with van der Waals surface area (Å²) in [5, 5.41) is 31.4. The van der Waals surface area contributed by atoms with E-state index in [1.807, 2.05) is 67.6 Å². The maximum absolute atomic E-state index is 13.0. The van der Waals surface area contributed by atoms with Crippen molar-refractivity contribution in [2.24, 2.45) is 11.7 Å². The van der Waals surface area contributed by atoms with Gasteiger partial charge >= 0.3 is 6.09 Å².